The van der Waals surface area contributed by atoms with Crippen molar-refractivity contribution in [1.29, 1.82) is 0 Å². The van der Waals surface area contributed by atoms with E-state index in [1.54, 1.807) is 0 Å². The van der Waals surface area contributed by atoms with Gasteiger partial charge in [0, 0.05) is 5.54 Å². The zero-order chi connectivity index (χ0) is 13.3. The lowest BCUT2D eigenvalue weighted by Crippen LogP contribution is -2.50. The van der Waals surface area contributed by atoms with Crippen LogP contribution in [0.3, 0.4) is 0 Å². The van der Waals surface area contributed by atoms with Crippen LogP contribution >= 0.6 is 0 Å². The number of nitrogens with zero attached hydrogens (tertiary/aromatic N) is 1. The van der Waals surface area contributed by atoms with Crippen LogP contribution in [0.2, 0.25) is 0 Å². The quantitative estimate of drug-likeness (QED) is 0.893. The smallest absolute Gasteiger partial charge is 0.0219 e. The molecule has 1 saturated heterocycles. The SMILES string of the molecule is CN1CCC(N)(Cc2ccc3ccccc3c2)CC1. The zero-order valence-corrected chi connectivity index (χ0v) is 11.6. The Morgan fingerprint density at radius 3 is 2.47 bits per heavy atom. The molecule has 1 fully saturated rings. The van der Waals surface area contributed by atoms with Crippen molar-refractivity contribution in [3.63, 3.8) is 0 Å². The van der Waals surface area contributed by atoms with Gasteiger partial charge in [-0.05, 0) is 55.7 Å². The molecule has 2 heteroatoms. The van der Waals surface area contributed by atoms with Crippen molar-refractivity contribution in [2.45, 2.75) is 24.8 Å². The second-order valence-electron chi connectivity index (χ2n) is 6.02. The number of nitrogens with two attached hydrogens (primary N) is 1. The predicted molar refractivity (Wildman–Crippen MR) is 81.3 cm³/mol. The number of fused-ring (bicyclic) bond motifs is 1. The molecule has 0 atom stereocenters. The molecule has 1 aliphatic rings. The van der Waals surface area contributed by atoms with Crippen molar-refractivity contribution >= 4 is 10.8 Å². The standard InChI is InChI=1S/C17H22N2/c1-19-10-8-17(18,9-11-19)13-14-6-7-15-4-2-3-5-16(15)12-14/h2-7,12H,8-11,13,18H2,1H3. The number of likely N-dealkylation sites (tertiary alicyclic amines) is 1. The first-order valence-corrected chi connectivity index (χ1v) is 7.10. The van der Waals surface area contributed by atoms with Crippen LogP contribution in [0, 0.1) is 0 Å². The molecule has 2 aromatic carbocycles. The molecule has 1 aliphatic heterocycles. The minimum absolute atomic E-state index is 0.0189. The molecule has 1 heterocycles. The van der Waals surface area contributed by atoms with Crippen molar-refractivity contribution in [2.75, 3.05) is 20.1 Å². The number of rotatable bonds is 2. The largest absolute Gasteiger partial charge is 0.325 e. The van der Waals surface area contributed by atoms with E-state index in [2.05, 4.69) is 54.4 Å². The highest BCUT2D eigenvalue weighted by atomic mass is 15.1. The van der Waals surface area contributed by atoms with Crippen LogP contribution in [-0.2, 0) is 6.42 Å². The molecule has 19 heavy (non-hydrogen) atoms. The summed E-state index contributed by atoms with van der Waals surface area (Å²) >= 11 is 0. The van der Waals surface area contributed by atoms with E-state index in [-0.39, 0.29) is 5.54 Å². The summed E-state index contributed by atoms with van der Waals surface area (Å²) in [5, 5.41) is 2.62. The number of piperidine rings is 1. The minimum Gasteiger partial charge on any atom is -0.325 e. The molecule has 2 N–H and O–H groups in total. The zero-order valence-electron chi connectivity index (χ0n) is 11.6. The van der Waals surface area contributed by atoms with Crippen LogP contribution in [0.4, 0.5) is 0 Å². The van der Waals surface area contributed by atoms with E-state index in [0.29, 0.717) is 0 Å². The lowest BCUT2D eigenvalue weighted by Gasteiger charge is -2.37. The highest BCUT2D eigenvalue weighted by molar-refractivity contribution is 5.83. The van der Waals surface area contributed by atoms with Gasteiger partial charge in [0.1, 0.15) is 0 Å². The Bertz CT molecular complexity index is 568. The van der Waals surface area contributed by atoms with Crippen LogP contribution < -0.4 is 5.73 Å². The van der Waals surface area contributed by atoms with Crippen LogP contribution in [-0.4, -0.2) is 30.6 Å². The summed E-state index contributed by atoms with van der Waals surface area (Å²) in [6.07, 6.45) is 3.18. The van der Waals surface area contributed by atoms with Gasteiger partial charge >= 0.3 is 0 Å². The first-order valence-electron chi connectivity index (χ1n) is 7.10. The molecule has 2 aromatic rings. The fourth-order valence-electron chi connectivity index (χ4n) is 3.00. The summed E-state index contributed by atoms with van der Waals surface area (Å²) in [6.45, 7) is 2.23. The number of hydrogen-bond donors (Lipinski definition) is 1. The van der Waals surface area contributed by atoms with E-state index >= 15 is 0 Å². The average Bonchev–Trinajstić information content (AvgIpc) is 2.42. The summed E-state index contributed by atoms with van der Waals surface area (Å²) in [5.41, 5.74) is 7.92. The Morgan fingerprint density at radius 2 is 1.74 bits per heavy atom. The third-order valence-electron chi connectivity index (χ3n) is 4.35. The summed E-state index contributed by atoms with van der Waals surface area (Å²) in [7, 11) is 2.18. The van der Waals surface area contributed by atoms with Crippen LogP contribution in [0.15, 0.2) is 42.5 Å². The number of hydrogen-bond acceptors (Lipinski definition) is 2. The molecule has 0 aromatic heterocycles. The Kier molecular flexibility index (Phi) is 3.29. The molecular formula is C17H22N2. The number of benzene rings is 2. The van der Waals surface area contributed by atoms with E-state index in [0.717, 1.165) is 32.4 Å². The van der Waals surface area contributed by atoms with Gasteiger partial charge in [0.25, 0.3) is 0 Å². The maximum atomic E-state index is 6.57. The van der Waals surface area contributed by atoms with Crippen molar-refractivity contribution in [3.05, 3.63) is 48.0 Å². The summed E-state index contributed by atoms with van der Waals surface area (Å²) in [5.74, 6) is 0. The van der Waals surface area contributed by atoms with E-state index < -0.39 is 0 Å². The highest BCUT2D eigenvalue weighted by Gasteiger charge is 2.29. The Labute approximate surface area is 115 Å². The van der Waals surface area contributed by atoms with Gasteiger partial charge in [-0.25, -0.2) is 0 Å². The fourth-order valence-corrected chi connectivity index (χ4v) is 3.00. The molecule has 0 unspecified atom stereocenters. The Balaban J connectivity index is 1.81. The van der Waals surface area contributed by atoms with Crippen LogP contribution in [0.5, 0.6) is 0 Å². The first-order chi connectivity index (χ1) is 9.15. The van der Waals surface area contributed by atoms with Crippen molar-refractivity contribution in [1.82, 2.24) is 4.90 Å². The van der Waals surface area contributed by atoms with E-state index in [1.807, 2.05) is 0 Å². The Morgan fingerprint density at radius 1 is 1.05 bits per heavy atom. The summed E-state index contributed by atoms with van der Waals surface area (Å²) in [6, 6.07) is 15.3. The first kappa shape index (κ1) is 12.6. The molecular weight excluding hydrogens is 232 g/mol. The second kappa shape index (κ2) is 4.95. The van der Waals surface area contributed by atoms with Gasteiger partial charge in [-0.2, -0.15) is 0 Å². The maximum Gasteiger partial charge on any atom is 0.0219 e. The molecule has 0 saturated carbocycles. The highest BCUT2D eigenvalue weighted by Crippen LogP contribution is 2.25. The van der Waals surface area contributed by atoms with Gasteiger partial charge in [0.05, 0.1) is 0 Å². The fraction of sp³-hybridized carbons (Fsp3) is 0.412. The van der Waals surface area contributed by atoms with Crippen molar-refractivity contribution < 1.29 is 0 Å². The lowest BCUT2D eigenvalue weighted by molar-refractivity contribution is 0.190. The minimum atomic E-state index is -0.0189. The van der Waals surface area contributed by atoms with Gasteiger partial charge in [0.15, 0.2) is 0 Å². The van der Waals surface area contributed by atoms with Crippen LogP contribution in [0.1, 0.15) is 18.4 Å². The van der Waals surface area contributed by atoms with E-state index in [4.69, 9.17) is 5.73 Å². The molecule has 2 nitrogen and oxygen atoms in total. The van der Waals surface area contributed by atoms with Gasteiger partial charge in [-0.3, -0.25) is 0 Å². The lowest BCUT2D eigenvalue weighted by atomic mass is 9.82. The molecule has 0 bridgehead atoms. The third kappa shape index (κ3) is 2.80. The maximum absolute atomic E-state index is 6.57. The summed E-state index contributed by atoms with van der Waals surface area (Å²) in [4.78, 5) is 2.37. The second-order valence-corrected chi connectivity index (χ2v) is 6.02. The van der Waals surface area contributed by atoms with Gasteiger partial charge in [-0.15, -0.1) is 0 Å². The monoisotopic (exact) mass is 254 g/mol. The third-order valence-corrected chi connectivity index (χ3v) is 4.35. The van der Waals surface area contributed by atoms with Gasteiger partial charge < -0.3 is 10.6 Å². The van der Waals surface area contributed by atoms with Crippen molar-refractivity contribution in [2.24, 2.45) is 5.73 Å². The molecule has 0 amide bonds. The molecule has 100 valence electrons. The van der Waals surface area contributed by atoms with Gasteiger partial charge in [0.2, 0.25) is 0 Å². The average molecular weight is 254 g/mol. The van der Waals surface area contributed by atoms with Gasteiger partial charge in [-0.1, -0.05) is 42.5 Å². The molecule has 0 radical (unpaired) electrons. The van der Waals surface area contributed by atoms with Crippen LogP contribution in [0.25, 0.3) is 10.8 Å². The molecule has 0 spiro atoms. The normalized spacial score (nSPS) is 19.7. The topological polar surface area (TPSA) is 29.3 Å². The van der Waals surface area contributed by atoms with E-state index in [9.17, 15) is 0 Å². The predicted octanol–water partition coefficient (Wildman–Crippen LogP) is 2.81. The molecule has 3 rings (SSSR count). The summed E-state index contributed by atoms with van der Waals surface area (Å²) < 4.78 is 0. The van der Waals surface area contributed by atoms with E-state index in [1.165, 1.54) is 16.3 Å². The van der Waals surface area contributed by atoms with Crippen molar-refractivity contribution in [3.8, 4) is 0 Å². The Hall–Kier alpha value is -1.38. The molecule has 0 aliphatic carbocycles.